The van der Waals surface area contributed by atoms with Crippen LogP contribution in [0.2, 0.25) is 0 Å². The third kappa shape index (κ3) is 2.94. The molecule has 0 saturated heterocycles. The number of rotatable bonds is 5. The van der Waals surface area contributed by atoms with Crippen molar-refractivity contribution in [2.75, 3.05) is 5.75 Å². The van der Waals surface area contributed by atoms with Gasteiger partial charge in [-0.2, -0.15) is 0 Å². The Morgan fingerprint density at radius 1 is 1.11 bits per heavy atom. The van der Waals surface area contributed by atoms with Gasteiger partial charge in [0.2, 0.25) is 0 Å². The van der Waals surface area contributed by atoms with E-state index in [1.54, 1.807) is 43.3 Å². The topological polar surface area (TPSA) is 100 Å². The zero-order valence-corrected chi connectivity index (χ0v) is 15.3. The van der Waals surface area contributed by atoms with Crippen molar-refractivity contribution in [3.8, 4) is 0 Å². The predicted octanol–water partition coefficient (Wildman–Crippen LogP) is 3.54. The van der Waals surface area contributed by atoms with Gasteiger partial charge in [0.1, 0.15) is 0 Å². The number of nitrogens with one attached hydrogen (secondary N) is 1. The SMILES string of the molecule is CC(CCSc1nc2ccc3c(c2[nH]1)C(=O)c1ccccc1C3=O)C(=O)O. The van der Waals surface area contributed by atoms with Gasteiger partial charge in [-0.15, -0.1) is 0 Å². The van der Waals surface area contributed by atoms with Gasteiger partial charge < -0.3 is 10.1 Å². The first-order valence-corrected chi connectivity index (χ1v) is 9.52. The summed E-state index contributed by atoms with van der Waals surface area (Å²) >= 11 is 1.40. The van der Waals surface area contributed by atoms with Crippen LogP contribution in [0.4, 0.5) is 0 Å². The van der Waals surface area contributed by atoms with Crippen LogP contribution in [0.5, 0.6) is 0 Å². The molecule has 2 N–H and O–H groups in total. The van der Waals surface area contributed by atoms with Crippen LogP contribution in [0, 0.1) is 5.92 Å². The fourth-order valence-electron chi connectivity index (χ4n) is 3.16. The number of ketones is 2. The molecule has 3 aromatic rings. The number of nitrogens with zero attached hydrogens (tertiary/aromatic N) is 1. The molecule has 1 aromatic heterocycles. The number of aliphatic carboxylic acids is 1. The average molecular weight is 380 g/mol. The number of fused-ring (bicyclic) bond motifs is 4. The predicted molar refractivity (Wildman–Crippen MR) is 102 cm³/mol. The molecule has 0 saturated carbocycles. The number of carbonyl (C=O) groups excluding carboxylic acids is 2. The molecule has 1 unspecified atom stereocenters. The lowest BCUT2D eigenvalue weighted by molar-refractivity contribution is -0.141. The first kappa shape index (κ1) is 17.5. The quantitative estimate of drug-likeness (QED) is 0.514. The summed E-state index contributed by atoms with van der Waals surface area (Å²) in [5.41, 5.74) is 2.73. The summed E-state index contributed by atoms with van der Waals surface area (Å²) in [4.78, 5) is 44.3. The molecular weight excluding hydrogens is 364 g/mol. The Labute approximate surface area is 159 Å². The van der Waals surface area contributed by atoms with Crippen LogP contribution in [0.25, 0.3) is 11.0 Å². The molecule has 1 aliphatic rings. The van der Waals surface area contributed by atoms with Crippen molar-refractivity contribution in [2.45, 2.75) is 18.5 Å². The van der Waals surface area contributed by atoms with E-state index in [4.69, 9.17) is 5.11 Å². The highest BCUT2D eigenvalue weighted by atomic mass is 32.2. The van der Waals surface area contributed by atoms with E-state index in [2.05, 4.69) is 9.97 Å². The van der Waals surface area contributed by atoms with Crippen molar-refractivity contribution in [3.05, 3.63) is 58.7 Å². The monoisotopic (exact) mass is 380 g/mol. The molecule has 136 valence electrons. The lowest BCUT2D eigenvalue weighted by atomic mass is 9.83. The molecular formula is C20H16N2O4S. The molecule has 0 spiro atoms. The fourth-order valence-corrected chi connectivity index (χ4v) is 4.17. The van der Waals surface area contributed by atoms with Crippen molar-refractivity contribution in [2.24, 2.45) is 5.92 Å². The van der Waals surface area contributed by atoms with Gasteiger partial charge in [0.25, 0.3) is 0 Å². The van der Waals surface area contributed by atoms with Gasteiger partial charge in [0.05, 0.1) is 22.5 Å². The molecule has 0 aliphatic heterocycles. The molecule has 7 heteroatoms. The fraction of sp³-hybridized carbons (Fsp3) is 0.200. The third-order valence-corrected chi connectivity index (χ3v) is 5.64. The van der Waals surface area contributed by atoms with E-state index < -0.39 is 11.9 Å². The Kier molecular flexibility index (Phi) is 4.31. The number of aromatic nitrogens is 2. The van der Waals surface area contributed by atoms with E-state index >= 15 is 0 Å². The molecule has 0 fully saturated rings. The summed E-state index contributed by atoms with van der Waals surface area (Å²) in [7, 11) is 0. The molecule has 6 nitrogen and oxygen atoms in total. The number of hydrogen-bond acceptors (Lipinski definition) is 5. The smallest absolute Gasteiger partial charge is 0.306 e. The minimum Gasteiger partial charge on any atom is -0.481 e. The Morgan fingerprint density at radius 3 is 2.52 bits per heavy atom. The molecule has 1 atom stereocenters. The van der Waals surface area contributed by atoms with Crippen LogP contribution in [-0.2, 0) is 4.79 Å². The molecule has 0 radical (unpaired) electrons. The number of imidazole rings is 1. The second-order valence-electron chi connectivity index (χ2n) is 6.50. The summed E-state index contributed by atoms with van der Waals surface area (Å²) in [5, 5.41) is 9.56. The van der Waals surface area contributed by atoms with Crippen LogP contribution in [-0.4, -0.2) is 38.4 Å². The first-order valence-electron chi connectivity index (χ1n) is 8.54. The number of carboxylic acids is 1. The van der Waals surface area contributed by atoms with Crippen molar-refractivity contribution in [1.29, 1.82) is 0 Å². The molecule has 2 aromatic carbocycles. The van der Waals surface area contributed by atoms with Crippen LogP contribution in [0.1, 0.15) is 45.2 Å². The lowest BCUT2D eigenvalue weighted by Gasteiger charge is -2.17. The number of carboxylic acid groups (broad SMARTS) is 1. The summed E-state index contributed by atoms with van der Waals surface area (Å²) in [5.74, 6) is -1.01. The average Bonchev–Trinajstić information content (AvgIpc) is 3.08. The molecule has 4 rings (SSSR count). The number of carbonyl (C=O) groups is 3. The highest BCUT2D eigenvalue weighted by Gasteiger charge is 2.31. The van der Waals surface area contributed by atoms with Gasteiger partial charge >= 0.3 is 5.97 Å². The number of aromatic amines is 1. The third-order valence-electron chi connectivity index (χ3n) is 4.74. The molecule has 0 bridgehead atoms. The van der Waals surface area contributed by atoms with Gasteiger partial charge in [-0.05, 0) is 18.6 Å². The van der Waals surface area contributed by atoms with Crippen LogP contribution in [0.15, 0.2) is 41.6 Å². The van der Waals surface area contributed by atoms with E-state index in [9.17, 15) is 14.4 Å². The normalized spacial score (nSPS) is 14.1. The maximum atomic E-state index is 13.0. The second-order valence-corrected chi connectivity index (χ2v) is 7.59. The van der Waals surface area contributed by atoms with Crippen molar-refractivity contribution in [3.63, 3.8) is 0 Å². The standard InChI is InChI=1S/C20H16N2O4S/c1-10(19(25)26)8-9-27-20-21-14-7-6-13-15(16(14)22-20)18(24)12-5-3-2-4-11(12)17(13)23/h2-7,10H,8-9H2,1H3,(H,21,22)(H,25,26). The van der Waals surface area contributed by atoms with E-state index in [1.807, 2.05) is 0 Å². The maximum Gasteiger partial charge on any atom is 0.306 e. The highest BCUT2D eigenvalue weighted by Crippen LogP contribution is 2.33. The first-order chi connectivity index (χ1) is 13.0. The van der Waals surface area contributed by atoms with E-state index in [0.717, 1.165) is 0 Å². The van der Waals surface area contributed by atoms with Gasteiger partial charge in [-0.25, -0.2) is 4.98 Å². The highest BCUT2D eigenvalue weighted by molar-refractivity contribution is 7.99. The van der Waals surface area contributed by atoms with Gasteiger partial charge in [0.15, 0.2) is 16.7 Å². The Hall–Kier alpha value is -2.93. The number of hydrogen-bond donors (Lipinski definition) is 2. The molecule has 27 heavy (non-hydrogen) atoms. The van der Waals surface area contributed by atoms with Gasteiger partial charge in [-0.1, -0.05) is 43.0 Å². The summed E-state index contributed by atoms with van der Waals surface area (Å²) in [6.45, 7) is 1.67. The molecule has 1 aliphatic carbocycles. The molecule has 1 heterocycles. The zero-order chi connectivity index (χ0) is 19.1. The van der Waals surface area contributed by atoms with E-state index in [-0.39, 0.29) is 11.6 Å². The number of thioether (sulfide) groups is 1. The number of benzene rings is 2. The van der Waals surface area contributed by atoms with E-state index in [1.165, 1.54) is 11.8 Å². The maximum absolute atomic E-state index is 13.0. The van der Waals surface area contributed by atoms with Crippen molar-refractivity contribution < 1.29 is 19.5 Å². The van der Waals surface area contributed by atoms with Crippen molar-refractivity contribution >= 4 is 40.3 Å². The van der Waals surface area contributed by atoms with E-state index in [0.29, 0.717) is 50.6 Å². The Bertz CT molecular complexity index is 1100. The van der Waals surface area contributed by atoms with Crippen LogP contribution in [0.3, 0.4) is 0 Å². The lowest BCUT2D eigenvalue weighted by Crippen LogP contribution is -2.21. The van der Waals surface area contributed by atoms with Crippen LogP contribution < -0.4 is 0 Å². The Morgan fingerprint density at radius 2 is 1.81 bits per heavy atom. The van der Waals surface area contributed by atoms with Crippen molar-refractivity contribution in [1.82, 2.24) is 9.97 Å². The van der Waals surface area contributed by atoms with Crippen LogP contribution >= 0.6 is 11.8 Å². The summed E-state index contributed by atoms with van der Waals surface area (Å²) in [6.07, 6.45) is 0.514. The number of H-pyrrole nitrogens is 1. The van der Waals surface area contributed by atoms with Gasteiger partial charge in [0, 0.05) is 22.4 Å². The minimum atomic E-state index is -0.822. The minimum absolute atomic E-state index is 0.166. The Balaban J connectivity index is 1.69. The largest absolute Gasteiger partial charge is 0.481 e. The summed E-state index contributed by atoms with van der Waals surface area (Å²) in [6, 6.07) is 10.2. The van der Waals surface area contributed by atoms with Gasteiger partial charge in [-0.3, -0.25) is 14.4 Å². The molecule has 0 amide bonds. The zero-order valence-electron chi connectivity index (χ0n) is 14.5. The summed E-state index contributed by atoms with van der Waals surface area (Å²) < 4.78 is 0. The second kappa shape index (κ2) is 6.66.